The van der Waals surface area contributed by atoms with Crippen LogP contribution in [-0.2, 0) is 4.79 Å². The minimum atomic E-state index is 0.191. The number of rotatable bonds is 1. The molecule has 5 unspecified atom stereocenters. The standard InChI is InChI=1S/C18H24N2O/c1-12-7-8-16-15(11-12)17(21)14-9-10-20(18(14)19-16)13-5-3-2-4-6-13/h2-6,12,14-16,18-19H,7-11H2,1H3. The number of nitrogens with zero attached hydrogens (tertiary/aromatic N) is 1. The molecule has 3 nitrogen and oxygen atoms in total. The molecule has 3 heteroatoms. The van der Waals surface area contributed by atoms with E-state index in [9.17, 15) is 4.79 Å². The van der Waals surface area contributed by atoms with E-state index in [0.717, 1.165) is 25.8 Å². The van der Waals surface area contributed by atoms with Crippen LogP contribution in [-0.4, -0.2) is 24.5 Å². The van der Waals surface area contributed by atoms with Crippen molar-refractivity contribution in [2.75, 3.05) is 11.4 Å². The lowest BCUT2D eigenvalue weighted by atomic mass is 9.71. The summed E-state index contributed by atoms with van der Waals surface area (Å²) in [5.74, 6) is 1.70. The number of piperidine rings is 1. The third-order valence-corrected chi connectivity index (χ3v) is 5.71. The maximum absolute atomic E-state index is 12.9. The summed E-state index contributed by atoms with van der Waals surface area (Å²) in [4.78, 5) is 15.3. The molecule has 21 heavy (non-hydrogen) atoms. The number of anilines is 1. The van der Waals surface area contributed by atoms with E-state index in [1.807, 2.05) is 0 Å². The van der Waals surface area contributed by atoms with E-state index in [2.05, 4.69) is 47.5 Å². The van der Waals surface area contributed by atoms with Gasteiger partial charge in [0, 0.05) is 24.2 Å². The number of carbonyl (C=O) groups excluding carboxylic acids is 1. The molecule has 1 aromatic rings. The lowest BCUT2D eigenvalue weighted by molar-refractivity contribution is -0.132. The molecular weight excluding hydrogens is 260 g/mol. The third kappa shape index (κ3) is 2.18. The highest BCUT2D eigenvalue weighted by atomic mass is 16.1. The summed E-state index contributed by atoms with van der Waals surface area (Å²) in [5.41, 5.74) is 1.24. The van der Waals surface area contributed by atoms with Crippen molar-refractivity contribution in [3.8, 4) is 0 Å². The van der Waals surface area contributed by atoms with Gasteiger partial charge in [-0.2, -0.15) is 0 Å². The molecule has 4 rings (SSSR count). The van der Waals surface area contributed by atoms with Crippen LogP contribution in [0.25, 0.3) is 0 Å². The molecule has 0 spiro atoms. The molecule has 112 valence electrons. The molecule has 3 aliphatic rings. The van der Waals surface area contributed by atoms with Crippen molar-refractivity contribution in [1.82, 2.24) is 5.32 Å². The van der Waals surface area contributed by atoms with Gasteiger partial charge < -0.3 is 4.90 Å². The molecule has 2 heterocycles. The Balaban J connectivity index is 1.59. The Morgan fingerprint density at radius 1 is 1.10 bits per heavy atom. The smallest absolute Gasteiger partial charge is 0.144 e. The molecule has 0 bridgehead atoms. The Labute approximate surface area is 126 Å². The fourth-order valence-corrected chi connectivity index (χ4v) is 4.59. The van der Waals surface area contributed by atoms with E-state index in [1.54, 1.807) is 0 Å². The number of nitrogens with one attached hydrogen (secondary N) is 1. The van der Waals surface area contributed by atoms with Gasteiger partial charge >= 0.3 is 0 Å². The lowest BCUT2D eigenvalue weighted by Gasteiger charge is -2.45. The van der Waals surface area contributed by atoms with E-state index in [-0.39, 0.29) is 18.0 Å². The van der Waals surface area contributed by atoms with Crippen LogP contribution in [0.3, 0.4) is 0 Å². The van der Waals surface area contributed by atoms with Gasteiger partial charge in [0.15, 0.2) is 0 Å². The first kappa shape index (κ1) is 13.3. The summed E-state index contributed by atoms with van der Waals surface area (Å²) in [6.45, 7) is 3.29. The Hall–Kier alpha value is -1.35. The molecule has 5 atom stereocenters. The highest BCUT2D eigenvalue weighted by Gasteiger charge is 2.49. The second-order valence-electron chi connectivity index (χ2n) is 7.07. The predicted octanol–water partition coefficient (Wildman–Crippen LogP) is 2.82. The molecular formula is C18H24N2O. The minimum absolute atomic E-state index is 0.191. The van der Waals surface area contributed by atoms with Gasteiger partial charge in [-0.05, 0) is 43.7 Å². The number of benzene rings is 1. The Kier molecular flexibility index (Phi) is 3.26. The first-order valence-electron chi connectivity index (χ1n) is 8.35. The average Bonchev–Trinajstić information content (AvgIpc) is 2.93. The molecule has 3 fully saturated rings. The Morgan fingerprint density at radius 2 is 1.90 bits per heavy atom. The summed E-state index contributed by atoms with van der Waals surface area (Å²) in [7, 11) is 0. The second-order valence-corrected chi connectivity index (χ2v) is 7.07. The number of hydrogen-bond donors (Lipinski definition) is 1. The molecule has 0 amide bonds. The number of ketones is 1. The quantitative estimate of drug-likeness (QED) is 0.860. The van der Waals surface area contributed by atoms with Crippen molar-refractivity contribution in [2.45, 2.75) is 44.8 Å². The molecule has 1 aliphatic carbocycles. The molecule has 1 aromatic carbocycles. The fraction of sp³-hybridized carbons (Fsp3) is 0.611. The van der Waals surface area contributed by atoms with Crippen molar-refractivity contribution in [2.24, 2.45) is 17.8 Å². The van der Waals surface area contributed by atoms with Gasteiger partial charge in [0.05, 0.1) is 12.1 Å². The molecule has 1 saturated carbocycles. The lowest BCUT2D eigenvalue weighted by Crippen LogP contribution is -2.61. The van der Waals surface area contributed by atoms with Gasteiger partial charge in [-0.1, -0.05) is 25.1 Å². The predicted molar refractivity (Wildman–Crippen MR) is 84.1 cm³/mol. The van der Waals surface area contributed by atoms with Gasteiger partial charge in [0.25, 0.3) is 0 Å². The van der Waals surface area contributed by atoms with Gasteiger partial charge in [-0.15, -0.1) is 0 Å². The zero-order valence-corrected chi connectivity index (χ0v) is 12.7. The van der Waals surface area contributed by atoms with Crippen molar-refractivity contribution in [3.05, 3.63) is 30.3 Å². The van der Waals surface area contributed by atoms with Gasteiger partial charge in [-0.25, -0.2) is 0 Å². The van der Waals surface area contributed by atoms with E-state index in [1.165, 1.54) is 12.1 Å². The number of Topliss-reactive ketones (excluding diaryl/α,β-unsaturated/α-hetero) is 1. The van der Waals surface area contributed by atoms with Crippen molar-refractivity contribution < 1.29 is 4.79 Å². The zero-order valence-electron chi connectivity index (χ0n) is 12.7. The molecule has 2 aliphatic heterocycles. The van der Waals surface area contributed by atoms with Crippen LogP contribution in [0.1, 0.15) is 32.6 Å². The summed E-state index contributed by atoms with van der Waals surface area (Å²) >= 11 is 0. The van der Waals surface area contributed by atoms with E-state index in [0.29, 0.717) is 17.7 Å². The highest BCUT2D eigenvalue weighted by Crippen LogP contribution is 2.40. The zero-order chi connectivity index (χ0) is 14.4. The molecule has 1 N–H and O–H groups in total. The number of hydrogen-bond acceptors (Lipinski definition) is 3. The van der Waals surface area contributed by atoms with Gasteiger partial charge in [0.1, 0.15) is 5.78 Å². The van der Waals surface area contributed by atoms with E-state index >= 15 is 0 Å². The van der Waals surface area contributed by atoms with Crippen LogP contribution in [0.2, 0.25) is 0 Å². The molecule has 2 saturated heterocycles. The van der Waals surface area contributed by atoms with Crippen LogP contribution in [0.15, 0.2) is 30.3 Å². The normalized spacial score (nSPS) is 39.0. The topological polar surface area (TPSA) is 32.3 Å². The minimum Gasteiger partial charge on any atom is -0.355 e. The monoisotopic (exact) mass is 284 g/mol. The number of carbonyl (C=O) groups is 1. The Bertz CT molecular complexity index is 529. The van der Waals surface area contributed by atoms with Crippen molar-refractivity contribution >= 4 is 11.5 Å². The largest absolute Gasteiger partial charge is 0.355 e. The van der Waals surface area contributed by atoms with Crippen LogP contribution < -0.4 is 10.2 Å². The summed E-state index contributed by atoms with van der Waals surface area (Å²) in [5, 5.41) is 3.82. The van der Waals surface area contributed by atoms with Crippen LogP contribution in [0, 0.1) is 17.8 Å². The van der Waals surface area contributed by atoms with E-state index < -0.39 is 0 Å². The average molecular weight is 284 g/mol. The Morgan fingerprint density at radius 3 is 2.71 bits per heavy atom. The first-order valence-corrected chi connectivity index (χ1v) is 8.35. The third-order valence-electron chi connectivity index (χ3n) is 5.71. The summed E-state index contributed by atoms with van der Waals surface area (Å²) in [6, 6.07) is 10.9. The van der Waals surface area contributed by atoms with Crippen LogP contribution in [0.4, 0.5) is 5.69 Å². The van der Waals surface area contributed by atoms with Crippen LogP contribution >= 0.6 is 0 Å². The fourth-order valence-electron chi connectivity index (χ4n) is 4.59. The van der Waals surface area contributed by atoms with Crippen molar-refractivity contribution in [1.29, 1.82) is 0 Å². The summed E-state index contributed by atoms with van der Waals surface area (Å²) in [6.07, 6.45) is 4.72. The van der Waals surface area contributed by atoms with Gasteiger partial charge in [-0.3, -0.25) is 10.1 Å². The van der Waals surface area contributed by atoms with Crippen LogP contribution in [0.5, 0.6) is 0 Å². The highest BCUT2D eigenvalue weighted by molar-refractivity contribution is 5.87. The van der Waals surface area contributed by atoms with E-state index in [4.69, 9.17) is 0 Å². The second kappa shape index (κ2) is 5.13. The van der Waals surface area contributed by atoms with Gasteiger partial charge in [0.2, 0.25) is 0 Å². The maximum Gasteiger partial charge on any atom is 0.144 e. The summed E-state index contributed by atoms with van der Waals surface area (Å²) < 4.78 is 0. The SMILES string of the molecule is CC1CCC2NC3C(CCN3c3ccccc3)C(=O)C2C1. The molecule has 0 aromatic heterocycles. The maximum atomic E-state index is 12.9. The molecule has 0 radical (unpaired) electrons. The number of para-hydroxylation sites is 1. The number of fused-ring (bicyclic) bond motifs is 2. The van der Waals surface area contributed by atoms with Crippen molar-refractivity contribution in [3.63, 3.8) is 0 Å². The first-order chi connectivity index (χ1) is 10.2.